The van der Waals surface area contributed by atoms with Crippen LogP contribution in [0.4, 0.5) is 11.4 Å². The highest BCUT2D eigenvalue weighted by atomic mass is 32.2. The maximum Gasteiger partial charge on any atom is 0.235 e. The first-order chi connectivity index (χ1) is 11.7. The third kappa shape index (κ3) is 3.66. The highest BCUT2D eigenvalue weighted by molar-refractivity contribution is 7.93. The van der Waals surface area contributed by atoms with Crippen molar-refractivity contribution in [2.75, 3.05) is 10.0 Å². The van der Waals surface area contributed by atoms with E-state index in [1.165, 1.54) is 5.56 Å². The first-order valence-electron chi connectivity index (χ1n) is 8.65. The van der Waals surface area contributed by atoms with Crippen LogP contribution in [-0.2, 0) is 16.4 Å². The van der Waals surface area contributed by atoms with E-state index in [0.717, 1.165) is 17.7 Å². The molecule has 0 amide bonds. The number of para-hydroxylation sites is 1. The van der Waals surface area contributed by atoms with E-state index >= 15 is 0 Å². The Hall–Kier alpha value is -2.01. The van der Waals surface area contributed by atoms with E-state index in [1.54, 1.807) is 19.9 Å². The third-order valence-electron chi connectivity index (χ3n) is 4.85. The topological polar surface area (TPSA) is 58.2 Å². The zero-order chi connectivity index (χ0) is 18.2. The standard InChI is InChI=1S/C20H26N2O2S/c1-14(2)25(23,24)22-17-10-7-9-15(12-17)19-20(3,4)13-16-8-5-6-11-18(16)21-19/h5-12,14,19,21-22H,13H2,1-4H3. The molecule has 1 aliphatic heterocycles. The lowest BCUT2D eigenvalue weighted by atomic mass is 9.73. The van der Waals surface area contributed by atoms with Crippen molar-refractivity contribution in [3.63, 3.8) is 0 Å². The molecule has 0 aromatic heterocycles. The Morgan fingerprint density at radius 1 is 1.12 bits per heavy atom. The van der Waals surface area contributed by atoms with E-state index in [1.807, 2.05) is 18.2 Å². The predicted octanol–water partition coefficient (Wildman–Crippen LogP) is 4.57. The smallest absolute Gasteiger partial charge is 0.235 e. The van der Waals surface area contributed by atoms with Gasteiger partial charge in [-0.15, -0.1) is 0 Å². The summed E-state index contributed by atoms with van der Waals surface area (Å²) in [5.41, 5.74) is 4.19. The molecule has 1 aliphatic rings. The van der Waals surface area contributed by atoms with Crippen LogP contribution in [0.15, 0.2) is 48.5 Å². The molecular formula is C20H26N2O2S. The van der Waals surface area contributed by atoms with Gasteiger partial charge in [0.1, 0.15) is 0 Å². The van der Waals surface area contributed by atoms with E-state index in [9.17, 15) is 8.42 Å². The molecule has 5 heteroatoms. The fraction of sp³-hybridized carbons (Fsp3) is 0.400. The molecule has 134 valence electrons. The molecule has 1 unspecified atom stereocenters. The summed E-state index contributed by atoms with van der Waals surface area (Å²) in [6.45, 7) is 7.83. The molecular weight excluding hydrogens is 332 g/mol. The van der Waals surface area contributed by atoms with Crippen molar-refractivity contribution in [1.29, 1.82) is 0 Å². The highest BCUT2D eigenvalue weighted by Crippen LogP contribution is 2.45. The van der Waals surface area contributed by atoms with Gasteiger partial charge < -0.3 is 5.32 Å². The zero-order valence-electron chi connectivity index (χ0n) is 15.2. The van der Waals surface area contributed by atoms with Crippen molar-refractivity contribution >= 4 is 21.4 Å². The van der Waals surface area contributed by atoms with Gasteiger partial charge in [-0.05, 0) is 55.0 Å². The van der Waals surface area contributed by atoms with Crippen LogP contribution in [-0.4, -0.2) is 13.7 Å². The fourth-order valence-corrected chi connectivity index (χ4v) is 4.05. The minimum absolute atomic E-state index is 0.0178. The van der Waals surface area contributed by atoms with Crippen molar-refractivity contribution < 1.29 is 8.42 Å². The van der Waals surface area contributed by atoms with Gasteiger partial charge >= 0.3 is 0 Å². The number of fused-ring (bicyclic) bond motifs is 1. The van der Waals surface area contributed by atoms with Crippen LogP contribution in [0, 0.1) is 5.41 Å². The second-order valence-electron chi connectivity index (χ2n) is 7.72. The van der Waals surface area contributed by atoms with Gasteiger partial charge in [0.25, 0.3) is 0 Å². The van der Waals surface area contributed by atoms with E-state index in [-0.39, 0.29) is 11.5 Å². The molecule has 2 N–H and O–H groups in total. The van der Waals surface area contributed by atoms with Crippen LogP contribution in [0.25, 0.3) is 0 Å². The third-order valence-corrected chi connectivity index (χ3v) is 6.61. The Bertz CT molecular complexity index is 873. The summed E-state index contributed by atoms with van der Waals surface area (Å²) in [4.78, 5) is 0. The van der Waals surface area contributed by atoms with Crippen molar-refractivity contribution in [1.82, 2.24) is 0 Å². The maximum atomic E-state index is 12.2. The second-order valence-corrected chi connectivity index (χ2v) is 9.96. The molecule has 2 aromatic rings. The maximum absolute atomic E-state index is 12.2. The van der Waals surface area contributed by atoms with Crippen molar-refractivity contribution in [3.8, 4) is 0 Å². The van der Waals surface area contributed by atoms with E-state index < -0.39 is 15.3 Å². The zero-order valence-corrected chi connectivity index (χ0v) is 16.0. The average Bonchev–Trinajstić information content (AvgIpc) is 2.53. The van der Waals surface area contributed by atoms with Crippen LogP contribution in [0.3, 0.4) is 0 Å². The number of rotatable bonds is 4. The normalized spacial score (nSPS) is 19.2. The number of sulfonamides is 1. The van der Waals surface area contributed by atoms with Crippen molar-refractivity contribution in [2.45, 2.75) is 45.4 Å². The molecule has 0 aliphatic carbocycles. The van der Waals surface area contributed by atoms with E-state index in [2.05, 4.69) is 48.2 Å². The number of benzene rings is 2. The molecule has 0 saturated carbocycles. The second kappa shape index (κ2) is 6.37. The van der Waals surface area contributed by atoms with Crippen molar-refractivity contribution in [3.05, 3.63) is 59.7 Å². The minimum Gasteiger partial charge on any atom is -0.377 e. The predicted molar refractivity (Wildman–Crippen MR) is 104 cm³/mol. The van der Waals surface area contributed by atoms with Crippen LogP contribution in [0.5, 0.6) is 0 Å². The molecule has 4 nitrogen and oxygen atoms in total. The van der Waals surface area contributed by atoms with Crippen molar-refractivity contribution in [2.24, 2.45) is 5.41 Å². The van der Waals surface area contributed by atoms with Gasteiger partial charge in [0, 0.05) is 11.4 Å². The Morgan fingerprint density at radius 2 is 1.84 bits per heavy atom. The lowest BCUT2D eigenvalue weighted by Crippen LogP contribution is -2.35. The first-order valence-corrected chi connectivity index (χ1v) is 10.2. The molecule has 0 bridgehead atoms. The monoisotopic (exact) mass is 358 g/mol. The lowest BCUT2D eigenvalue weighted by Gasteiger charge is -2.41. The highest BCUT2D eigenvalue weighted by Gasteiger charge is 2.35. The van der Waals surface area contributed by atoms with Crippen LogP contribution < -0.4 is 10.0 Å². The lowest BCUT2D eigenvalue weighted by molar-refractivity contribution is 0.295. The van der Waals surface area contributed by atoms with E-state index in [4.69, 9.17) is 0 Å². The number of hydrogen-bond acceptors (Lipinski definition) is 3. The summed E-state index contributed by atoms with van der Waals surface area (Å²) < 4.78 is 27.0. The Labute approximate surface area is 150 Å². The molecule has 2 aromatic carbocycles. The van der Waals surface area contributed by atoms with Gasteiger partial charge in [-0.2, -0.15) is 0 Å². The Kier molecular flexibility index (Phi) is 4.54. The summed E-state index contributed by atoms with van der Waals surface area (Å²) in [5.74, 6) is 0. The summed E-state index contributed by atoms with van der Waals surface area (Å²) in [6, 6.07) is 16.2. The molecule has 3 rings (SSSR count). The molecule has 0 saturated heterocycles. The van der Waals surface area contributed by atoms with E-state index in [0.29, 0.717) is 5.69 Å². The van der Waals surface area contributed by atoms with Gasteiger partial charge in [0.15, 0.2) is 0 Å². The molecule has 25 heavy (non-hydrogen) atoms. The minimum atomic E-state index is -3.35. The average molecular weight is 359 g/mol. The molecule has 0 spiro atoms. The summed E-state index contributed by atoms with van der Waals surface area (Å²) >= 11 is 0. The molecule has 1 heterocycles. The SMILES string of the molecule is CC(C)S(=O)(=O)Nc1cccc(C2Nc3ccccc3CC2(C)C)c1. The largest absolute Gasteiger partial charge is 0.377 e. The molecule has 1 atom stereocenters. The molecule has 0 fully saturated rings. The van der Waals surface area contributed by atoms with Gasteiger partial charge in [0.05, 0.1) is 11.3 Å². The van der Waals surface area contributed by atoms with Gasteiger partial charge in [-0.1, -0.05) is 44.2 Å². The van der Waals surface area contributed by atoms with Crippen LogP contribution in [0.1, 0.15) is 44.9 Å². The van der Waals surface area contributed by atoms with Gasteiger partial charge in [-0.3, -0.25) is 4.72 Å². The number of nitrogens with one attached hydrogen (secondary N) is 2. The molecule has 0 radical (unpaired) electrons. The quantitative estimate of drug-likeness (QED) is 0.841. The Morgan fingerprint density at radius 3 is 2.56 bits per heavy atom. The van der Waals surface area contributed by atoms with Gasteiger partial charge in [0.2, 0.25) is 10.0 Å². The number of anilines is 2. The summed E-state index contributed by atoms with van der Waals surface area (Å²) in [5, 5.41) is 3.17. The van der Waals surface area contributed by atoms with Crippen LogP contribution in [0.2, 0.25) is 0 Å². The Balaban J connectivity index is 1.93. The fourth-order valence-electron chi connectivity index (χ4n) is 3.36. The van der Waals surface area contributed by atoms with Gasteiger partial charge in [-0.25, -0.2) is 8.42 Å². The summed E-state index contributed by atoms with van der Waals surface area (Å²) in [6.07, 6.45) is 0.975. The van der Waals surface area contributed by atoms with Crippen LogP contribution >= 0.6 is 0 Å². The number of hydrogen-bond donors (Lipinski definition) is 2. The summed E-state index contributed by atoms with van der Waals surface area (Å²) in [7, 11) is -3.35. The first kappa shape index (κ1) is 17.8.